The van der Waals surface area contributed by atoms with Gasteiger partial charge in [0.2, 0.25) is 0 Å². The minimum absolute atomic E-state index is 0.227. The van der Waals surface area contributed by atoms with Crippen LogP contribution in [0.25, 0.3) is 10.1 Å². The zero-order valence-corrected chi connectivity index (χ0v) is 16.1. The molecule has 0 radical (unpaired) electrons. The smallest absolute Gasteiger partial charge is 0.265 e. The van der Waals surface area contributed by atoms with Gasteiger partial charge in [0.15, 0.2) is 0 Å². The van der Waals surface area contributed by atoms with Gasteiger partial charge < -0.3 is 14.4 Å². The summed E-state index contributed by atoms with van der Waals surface area (Å²) in [6, 6.07) is 9.74. The maximum Gasteiger partial charge on any atom is 0.265 e. The van der Waals surface area contributed by atoms with E-state index in [4.69, 9.17) is 21.1 Å². The molecule has 1 amide bonds. The molecule has 136 valence electrons. The van der Waals surface area contributed by atoms with Gasteiger partial charge in [-0.3, -0.25) is 4.79 Å². The second-order valence-corrected chi connectivity index (χ2v) is 7.15. The van der Waals surface area contributed by atoms with E-state index in [1.807, 2.05) is 12.1 Å². The molecular formula is C19H17ClFNO3S. The van der Waals surface area contributed by atoms with Crippen LogP contribution in [-0.2, 0) is 6.54 Å². The number of methoxy groups -OCH3 is 2. The van der Waals surface area contributed by atoms with Crippen LogP contribution in [0.5, 0.6) is 11.5 Å². The molecule has 0 atom stereocenters. The third-order valence-electron chi connectivity index (χ3n) is 4.03. The zero-order chi connectivity index (χ0) is 18.8. The van der Waals surface area contributed by atoms with Crippen LogP contribution in [0.3, 0.4) is 0 Å². The Morgan fingerprint density at radius 1 is 1.19 bits per heavy atom. The molecule has 2 aromatic carbocycles. The number of thiophene rings is 1. The molecule has 7 heteroatoms. The standard InChI is InChI=1S/C19H17ClFNO3S/c1-22(10-11-4-6-13(24-2)9-15(11)25-3)19(23)18-17(20)14-7-5-12(21)8-16(14)26-18/h4-9H,10H2,1-3H3. The predicted octanol–water partition coefficient (Wildman–Crippen LogP) is 4.98. The Balaban J connectivity index is 1.88. The Morgan fingerprint density at radius 2 is 1.96 bits per heavy atom. The quantitative estimate of drug-likeness (QED) is 0.613. The van der Waals surface area contributed by atoms with Crippen molar-refractivity contribution in [1.29, 1.82) is 0 Å². The van der Waals surface area contributed by atoms with Crippen molar-refractivity contribution < 1.29 is 18.7 Å². The minimum Gasteiger partial charge on any atom is -0.497 e. The van der Waals surface area contributed by atoms with Crippen LogP contribution < -0.4 is 9.47 Å². The number of halogens is 2. The van der Waals surface area contributed by atoms with Crippen molar-refractivity contribution in [3.63, 3.8) is 0 Å². The molecule has 0 spiro atoms. The third kappa shape index (κ3) is 3.48. The number of hydrogen-bond acceptors (Lipinski definition) is 4. The largest absolute Gasteiger partial charge is 0.497 e. The summed E-state index contributed by atoms with van der Waals surface area (Å²) in [5.41, 5.74) is 0.840. The molecule has 0 aliphatic carbocycles. The zero-order valence-electron chi connectivity index (χ0n) is 14.5. The van der Waals surface area contributed by atoms with Crippen LogP contribution in [0.1, 0.15) is 15.2 Å². The number of rotatable bonds is 5. The first kappa shape index (κ1) is 18.5. The van der Waals surface area contributed by atoms with Gasteiger partial charge in [0, 0.05) is 35.3 Å². The second kappa shape index (κ2) is 7.51. The van der Waals surface area contributed by atoms with Gasteiger partial charge in [-0.2, -0.15) is 0 Å². The molecule has 0 aliphatic heterocycles. The minimum atomic E-state index is -0.356. The van der Waals surface area contributed by atoms with E-state index >= 15 is 0 Å². The van der Waals surface area contributed by atoms with Crippen LogP contribution in [0, 0.1) is 5.82 Å². The Hall–Kier alpha value is -2.31. The first-order valence-electron chi connectivity index (χ1n) is 7.78. The van der Waals surface area contributed by atoms with Gasteiger partial charge in [-0.05, 0) is 30.3 Å². The Bertz CT molecular complexity index is 973. The van der Waals surface area contributed by atoms with E-state index < -0.39 is 0 Å². The van der Waals surface area contributed by atoms with Crippen molar-refractivity contribution in [3.05, 3.63) is 57.7 Å². The lowest BCUT2D eigenvalue weighted by molar-refractivity contribution is 0.0789. The summed E-state index contributed by atoms with van der Waals surface area (Å²) in [5, 5.41) is 1.03. The van der Waals surface area contributed by atoms with E-state index in [2.05, 4.69) is 0 Å². The average molecular weight is 394 g/mol. The lowest BCUT2D eigenvalue weighted by Crippen LogP contribution is -2.25. The van der Waals surface area contributed by atoms with E-state index in [0.29, 0.717) is 38.0 Å². The van der Waals surface area contributed by atoms with Crippen molar-refractivity contribution in [1.82, 2.24) is 4.90 Å². The molecule has 1 aromatic heterocycles. The highest BCUT2D eigenvalue weighted by Gasteiger charge is 2.21. The number of carbonyl (C=O) groups is 1. The lowest BCUT2D eigenvalue weighted by atomic mass is 10.1. The fourth-order valence-corrected chi connectivity index (χ4v) is 4.19. The van der Waals surface area contributed by atoms with Crippen molar-refractivity contribution in [2.45, 2.75) is 6.54 Å². The number of hydrogen-bond donors (Lipinski definition) is 0. The highest BCUT2D eigenvalue weighted by Crippen LogP contribution is 2.36. The molecule has 3 rings (SSSR count). The summed E-state index contributed by atoms with van der Waals surface area (Å²) < 4.78 is 24.6. The van der Waals surface area contributed by atoms with Gasteiger partial charge in [0.05, 0.1) is 19.2 Å². The van der Waals surface area contributed by atoms with Gasteiger partial charge >= 0.3 is 0 Å². The summed E-state index contributed by atoms with van der Waals surface area (Å²) >= 11 is 7.54. The number of amides is 1. The van der Waals surface area contributed by atoms with Gasteiger partial charge in [-0.15, -0.1) is 11.3 Å². The summed E-state index contributed by atoms with van der Waals surface area (Å²) in [5.74, 6) is 0.725. The van der Waals surface area contributed by atoms with Crippen molar-refractivity contribution in [2.75, 3.05) is 21.3 Å². The summed E-state index contributed by atoms with van der Waals surface area (Å²) in [6.07, 6.45) is 0. The first-order valence-corrected chi connectivity index (χ1v) is 8.98. The molecular weight excluding hydrogens is 377 g/mol. The molecule has 0 N–H and O–H groups in total. The number of ether oxygens (including phenoxy) is 2. The molecule has 26 heavy (non-hydrogen) atoms. The summed E-state index contributed by atoms with van der Waals surface area (Å²) in [7, 11) is 4.83. The molecule has 0 unspecified atom stereocenters. The van der Waals surface area contributed by atoms with Crippen molar-refractivity contribution in [2.24, 2.45) is 0 Å². The fourth-order valence-electron chi connectivity index (χ4n) is 2.66. The number of carbonyl (C=O) groups excluding carboxylic acids is 1. The highest BCUT2D eigenvalue weighted by molar-refractivity contribution is 7.21. The first-order chi connectivity index (χ1) is 12.4. The van der Waals surface area contributed by atoms with Crippen LogP contribution >= 0.6 is 22.9 Å². The van der Waals surface area contributed by atoms with Gasteiger partial charge in [0.1, 0.15) is 22.2 Å². The van der Waals surface area contributed by atoms with Crippen LogP contribution in [0.2, 0.25) is 5.02 Å². The monoisotopic (exact) mass is 393 g/mol. The number of benzene rings is 2. The normalized spacial score (nSPS) is 10.8. The summed E-state index contributed by atoms with van der Waals surface area (Å²) in [6.45, 7) is 0.338. The maximum atomic E-state index is 13.4. The van der Waals surface area contributed by atoms with Crippen LogP contribution in [0.15, 0.2) is 36.4 Å². The predicted molar refractivity (Wildman–Crippen MR) is 102 cm³/mol. The third-order valence-corrected chi connectivity index (χ3v) is 5.68. The molecule has 4 nitrogen and oxygen atoms in total. The summed E-state index contributed by atoms with van der Waals surface area (Å²) in [4.78, 5) is 14.8. The average Bonchev–Trinajstić information content (AvgIpc) is 2.97. The van der Waals surface area contributed by atoms with E-state index in [0.717, 1.165) is 5.56 Å². The molecule has 1 heterocycles. The fraction of sp³-hybridized carbons (Fsp3) is 0.211. The van der Waals surface area contributed by atoms with Gasteiger partial charge in [-0.1, -0.05) is 11.6 Å². The maximum absolute atomic E-state index is 13.4. The number of nitrogens with zero attached hydrogens (tertiary/aromatic N) is 1. The van der Waals surface area contributed by atoms with Crippen LogP contribution in [0.4, 0.5) is 4.39 Å². The Kier molecular flexibility index (Phi) is 5.34. The second-order valence-electron chi connectivity index (χ2n) is 5.72. The topological polar surface area (TPSA) is 38.8 Å². The van der Waals surface area contributed by atoms with Gasteiger partial charge in [-0.25, -0.2) is 4.39 Å². The Labute approximate surface area is 159 Å². The molecule has 0 bridgehead atoms. The highest BCUT2D eigenvalue weighted by atomic mass is 35.5. The van der Waals surface area contributed by atoms with Crippen molar-refractivity contribution in [3.8, 4) is 11.5 Å². The van der Waals surface area contributed by atoms with Crippen molar-refractivity contribution >= 4 is 38.9 Å². The SMILES string of the molecule is COc1ccc(CN(C)C(=O)c2sc3cc(F)ccc3c2Cl)c(OC)c1. The molecule has 0 fully saturated rings. The number of fused-ring (bicyclic) bond motifs is 1. The van der Waals surface area contributed by atoms with Gasteiger partial charge in [0.25, 0.3) is 5.91 Å². The molecule has 0 aliphatic rings. The molecule has 0 saturated carbocycles. The Morgan fingerprint density at radius 3 is 2.65 bits per heavy atom. The van der Waals surface area contributed by atoms with E-state index in [1.54, 1.807) is 38.3 Å². The van der Waals surface area contributed by atoms with E-state index in [1.165, 1.54) is 23.5 Å². The van der Waals surface area contributed by atoms with E-state index in [9.17, 15) is 9.18 Å². The molecule has 3 aromatic rings. The van der Waals surface area contributed by atoms with E-state index in [-0.39, 0.29) is 11.7 Å². The lowest BCUT2D eigenvalue weighted by Gasteiger charge is -2.19. The van der Waals surface area contributed by atoms with Crippen LogP contribution in [-0.4, -0.2) is 32.1 Å². The molecule has 0 saturated heterocycles.